The first-order valence-corrected chi connectivity index (χ1v) is 19.6. The molecule has 18 heteroatoms. The van der Waals surface area contributed by atoms with Gasteiger partial charge in [-0.3, -0.25) is 14.3 Å². The van der Waals surface area contributed by atoms with Gasteiger partial charge in [-0.2, -0.15) is 15.6 Å². The second kappa shape index (κ2) is 18.2. The van der Waals surface area contributed by atoms with Gasteiger partial charge in [0, 0.05) is 48.6 Å². The van der Waals surface area contributed by atoms with E-state index in [1.165, 1.54) is 40.6 Å². The van der Waals surface area contributed by atoms with Gasteiger partial charge in [0.2, 0.25) is 5.88 Å². The van der Waals surface area contributed by atoms with Crippen molar-refractivity contribution in [2.24, 2.45) is 0 Å². The lowest BCUT2D eigenvalue weighted by Gasteiger charge is -2.40. The Kier molecular flexibility index (Phi) is 11.8. The van der Waals surface area contributed by atoms with Crippen molar-refractivity contribution in [3.63, 3.8) is 0 Å². The summed E-state index contributed by atoms with van der Waals surface area (Å²) in [6.07, 6.45) is 8.55. The summed E-state index contributed by atoms with van der Waals surface area (Å²) in [4.78, 5) is 44.2. The Labute approximate surface area is 365 Å². The van der Waals surface area contributed by atoms with Crippen LogP contribution in [0, 0.1) is 22.7 Å². The molecule has 2 amide bonds. The number of amides is 2. The summed E-state index contributed by atoms with van der Waals surface area (Å²) in [5.41, 5.74) is 15.2. The number of nitrogens with zero attached hydrogens (tertiary/aromatic N) is 9. The van der Waals surface area contributed by atoms with Gasteiger partial charge < -0.3 is 36.5 Å². The molecule has 2 aliphatic rings. The zero-order valence-electron chi connectivity index (χ0n) is 33.8. The van der Waals surface area contributed by atoms with Crippen LogP contribution in [0.4, 0.5) is 27.5 Å². The van der Waals surface area contributed by atoms with Gasteiger partial charge in [0.05, 0.1) is 29.9 Å². The van der Waals surface area contributed by atoms with Crippen LogP contribution in [0.15, 0.2) is 151 Å². The molecule has 64 heavy (non-hydrogen) atoms. The third-order valence-electron chi connectivity index (χ3n) is 10.1. The molecule has 0 bridgehead atoms. The molecule has 0 saturated carbocycles. The number of nitrogens with one attached hydrogen (secondary N) is 2. The molecule has 8 rings (SSSR count). The van der Waals surface area contributed by atoms with Crippen LogP contribution in [0.25, 0.3) is 22.3 Å². The van der Waals surface area contributed by atoms with E-state index < -0.39 is 17.6 Å². The van der Waals surface area contributed by atoms with Crippen molar-refractivity contribution in [2.45, 2.75) is 19.0 Å². The molecule has 3 aromatic carbocycles. The highest BCUT2D eigenvalue weighted by atomic mass is 19.1. The average Bonchev–Trinajstić information content (AvgIpc) is 3.74. The smallest absolute Gasteiger partial charge is 0.265 e. The second-order valence-corrected chi connectivity index (χ2v) is 14.5. The molecule has 1 aliphatic carbocycles. The number of benzene rings is 3. The number of para-hydroxylation sites is 1. The molecule has 0 radical (unpaired) electrons. The Bertz CT molecular complexity index is 2980. The van der Waals surface area contributed by atoms with Gasteiger partial charge in [-0.05, 0) is 47.5 Å². The Morgan fingerprint density at radius 2 is 1.56 bits per heavy atom. The first kappa shape index (κ1) is 41.6. The van der Waals surface area contributed by atoms with E-state index >= 15 is 4.39 Å². The monoisotopic (exact) mass is 853 g/mol. The van der Waals surface area contributed by atoms with Gasteiger partial charge in [0.1, 0.15) is 76.5 Å². The minimum absolute atomic E-state index is 0.0194. The van der Waals surface area contributed by atoms with Gasteiger partial charge in [-0.1, -0.05) is 55.1 Å². The zero-order chi connectivity index (χ0) is 44.7. The van der Waals surface area contributed by atoms with Gasteiger partial charge in [-0.25, -0.2) is 24.3 Å². The Morgan fingerprint density at radius 3 is 2.30 bits per heavy atom. The Hall–Kier alpha value is -9.16. The molecular formula is C46H36FN13O4. The first-order valence-electron chi connectivity index (χ1n) is 19.6. The zero-order valence-corrected chi connectivity index (χ0v) is 33.8. The van der Waals surface area contributed by atoms with Crippen LogP contribution in [0.1, 0.15) is 6.42 Å². The number of nitrogen functional groups attached to an aromatic ring is 2. The molecule has 6 N–H and O–H groups in total. The lowest BCUT2D eigenvalue weighted by atomic mass is 9.95. The van der Waals surface area contributed by atoms with Crippen molar-refractivity contribution < 1.29 is 23.5 Å². The molecule has 6 aromatic rings. The maximum absolute atomic E-state index is 15.7. The number of anilines is 4. The second-order valence-electron chi connectivity index (χ2n) is 14.5. The molecule has 1 aliphatic heterocycles. The molecule has 316 valence electrons. The van der Waals surface area contributed by atoms with Crippen molar-refractivity contribution in [3.8, 4) is 57.5 Å². The van der Waals surface area contributed by atoms with Gasteiger partial charge in [0.15, 0.2) is 0 Å². The summed E-state index contributed by atoms with van der Waals surface area (Å²) in [5.74, 6) is 0.905. The first-order chi connectivity index (χ1) is 31.1. The Morgan fingerprint density at radius 1 is 0.844 bits per heavy atom. The maximum Gasteiger partial charge on any atom is 0.265 e. The van der Waals surface area contributed by atoms with Crippen molar-refractivity contribution in [1.29, 1.82) is 10.5 Å². The topological polar surface area (TPSA) is 249 Å². The highest BCUT2D eigenvalue weighted by Crippen LogP contribution is 2.37. The van der Waals surface area contributed by atoms with E-state index in [0.29, 0.717) is 51.0 Å². The molecule has 0 spiro atoms. The fourth-order valence-corrected chi connectivity index (χ4v) is 6.88. The minimum Gasteiger partial charge on any atom is -0.457 e. The normalized spacial score (nSPS) is 14.1. The van der Waals surface area contributed by atoms with Crippen LogP contribution in [0.3, 0.4) is 0 Å². The summed E-state index contributed by atoms with van der Waals surface area (Å²) >= 11 is 0. The number of nitriles is 2. The fraction of sp³-hybridized carbons (Fsp3) is 0.109. The van der Waals surface area contributed by atoms with Crippen molar-refractivity contribution in [2.75, 3.05) is 35.2 Å². The number of rotatable bonds is 13. The third kappa shape index (κ3) is 9.11. The number of hydrogen-bond donors (Lipinski definition) is 4. The van der Waals surface area contributed by atoms with E-state index in [1.807, 2.05) is 60.7 Å². The number of ether oxygens (including phenoxy) is 2. The lowest BCUT2D eigenvalue weighted by molar-refractivity contribution is -0.130. The number of carbonyl (C=O) groups is 2. The van der Waals surface area contributed by atoms with Crippen molar-refractivity contribution >= 4 is 35.0 Å². The summed E-state index contributed by atoms with van der Waals surface area (Å²) < 4.78 is 29.2. The number of halogens is 1. The molecule has 17 nitrogen and oxygen atoms in total. The maximum atomic E-state index is 15.7. The number of carbonyl (C=O) groups excluding carboxylic acids is 2. The van der Waals surface area contributed by atoms with Crippen LogP contribution in [-0.4, -0.2) is 65.6 Å². The standard InChI is InChI=1S/C46H36FN13O4/c1-27(18-48)44(61)58-32-6-5-9-36(17-32)64-45-40(42(51)53-26-55-45)31-20-56-60(22-31)21-30-11-10-29(16-38(30)47)37(19-49)46(62)59-23-33(24-59)57-43-39(41(50)52-25-54-43)28-12-14-35(15-13-28)63-34-7-3-2-4-8-34/h2-15,17,20,22,25-26,33H,1,16,21,23-24H2,(H,58,61)(H2,51,53,55)(H3,50,52,54,57). The number of hydrogen-bond acceptors (Lipinski definition) is 14. The predicted molar refractivity (Wildman–Crippen MR) is 234 cm³/mol. The molecule has 0 unspecified atom stereocenters. The SMILES string of the molecule is C=C(C#N)C(=O)Nc1cccc(Oc2ncnc(N)c2-c2cnn(CC3=C(F)CC(=C(C#N)C(=O)N4CC(Nc5ncnc(N)c5-c5ccc(Oc6ccccc6)cc5)C4)C=C3)c2)c1. The third-order valence-corrected chi connectivity index (χ3v) is 10.1. The molecule has 4 heterocycles. The van der Waals surface area contributed by atoms with Gasteiger partial charge in [0.25, 0.3) is 11.8 Å². The highest BCUT2D eigenvalue weighted by Gasteiger charge is 2.34. The molecule has 0 atom stereocenters. The van der Waals surface area contributed by atoms with E-state index in [0.717, 1.165) is 5.56 Å². The fourth-order valence-electron chi connectivity index (χ4n) is 6.88. The van der Waals surface area contributed by atoms with Crippen LogP contribution in [-0.2, 0) is 16.1 Å². The van der Waals surface area contributed by atoms with E-state index in [2.05, 4.69) is 42.2 Å². The summed E-state index contributed by atoms with van der Waals surface area (Å²) in [5, 5.41) is 29.3. The molecule has 1 fully saturated rings. The van der Waals surface area contributed by atoms with E-state index in [9.17, 15) is 14.9 Å². The van der Waals surface area contributed by atoms with Crippen molar-refractivity contribution in [1.82, 2.24) is 34.6 Å². The van der Waals surface area contributed by atoms with E-state index in [-0.39, 0.29) is 66.3 Å². The molecule has 1 saturated heterocycles. The van der Waals surface area contributed by atoms with E-state index in [1.54, 1.807) is 36.5 Å². The van der Waals surface area contributed by atoms with E-state index in [4.69, 9.17) is 26.2 Å². The number of likely N-dealkylation sites (tertiary alicyclic amines) is 1. The van der Waals surface area contributed by atoms with Gasteiger partial charge >= 0.3 is 0 Å². The van der Waals surface area contributed by atoms with Crippen LogP contribution >= 0.6 is 0 Å². The number of nitrogens with two attached hydrogens (primary N) is 2. The number of aromatic nitrogens is 6. The summed E-state index contributed by atoms with van der Waals surface area (Å²) in [7, 11) is 0. The van der Waals surface area contributed by atoms with Gasteiger partial charge in [-0.15, -0.1) is 0 Å². The number of allylic oxidation sites excluding steroid dienone is 5. The van der Waals surface area contributed by atoms with Crippen molar-refractivity contribution in [3.05, 3.63) is 151 Å². The Balaban J connectivity index is 0.895. The summed E-state index contributed by atoms with van der Waals surface area (Å²) in [6, 6.07) is 26.7. The van der Waals surface area contributed by atoms with Crippen LogP contribution in [0.2, 0.25) is 0 Å². The average molecular weight is 854 g/mol. The summed E-state index contributed by atoms with van der Waals surface area (Å²) in [6.45, 7) is 3.97. The molecular weight excluding hydrogens is 818 g/mol. The largest absolute Gasteiger partial charge is 0.457 e. The minimum atomic E-state index is -0.658. The van der Waals surface area contributed by atoms with Crippen LogP contribution < -0.4 is 31.6 Å². The van der Waals surface area contributed by atoms with Crippen LogP contribution in [0.5, 0.6) is 23.1 Å². The quantitative estimate of drug-likeness (QED) is 0.0682. The predicted octanol–water partition coefficient (Wildman–Crippen LogP) is 6.89. The molecule has 3 aromatic heterocycles. The lowest BCUT2D eigenvalue weighted by Crippen LogP contribution is -2.57. The highest BCUT2D eigenvalue weighted by molar-refractivity contribution is 6.06.